The predicted octanol–water partition coefficient (Wildman–Crippen LogP) is 2.33. The minimum Gasteiger partial charge on any atom is -0.381 e. The number of carbonyl (C=O) groups excluding carboxylic acids is 1. The zero-order valence-corrected chi connectivity index (χ0v) is 10.2. The van der Waals surface area contributed by atoms with Crippen molar-refractivity contribution in [2.24, 2.45) is 5.92 Å². The fourth-order valence-corrected chi connectivity index (χ4v) is 2.97. The third kappa shape index (κ3) is 2.30. The summed E-state index contributed by atoms with van der Waals surface area (Å²) in [4.78, 5) is 12.5. The molecule has 1 unspecified atom stereocenters. The first-order valence-corrected chi connectivity index (χ1v) is 6.54. The molecular formula is C13H22O3. The summed E-state index contributed by atoms with van der Waals surface area (Å²) >= 11 is 0. The molecule has 1 atom stereocenters. The lowest BCUT2D eigenvalue weighted by atomic mass is 9.77. The molecule has 0 aromatic carbocycles. The van der Waals surface area contributed by atoms with Crippen LogP contribution >= 0.6 is 0 Å². The normalized spacial score (nSPS) is 29.2. The standard InChI is InChI=1S/C13H22O3/c1-2-16-13(7-4-3-5-8-13)12(14)11-6-9-15-10-11/h11H,2-10H2,1H3. The van der Waals surface area contributed by atoms with Gasteiger partial charge in [0.05, 0.1) is 6.61 Å². The van der Waals surface area contributed by atoms with Gasteiger partial charge in [0.15, 0.2) is 5.78 Å². The third-order valence-corrected chi connectivity index (χ3v) is 3.83. The Labute approximate surface area is 97.5 Å². The van der Waals surface area contributed by atoms with Crippen molar-refractivity contribution in [1.29, 1.82) is 0 Å². The molecule has 1 saturated carbocycles. The van der Waals surface area contributed by atoms with Crippen LogP contribution in [0.4, 0.5) is 0 Å². The van der Waals surface area contributed by atoms with Gasteiger partial charge >= 0.3 is 0 Å². The summed E-state index contributed by atoms with van der Waals surface area (Å²) in [5.41, 5.74) is -0.467. The number of rotatable bonds is 4. The highest BCUT2D eigenvalue weighted by Gasteiger charge is 2.44. The quantitative estimate of drug-likeness (QED) is 0.738. The van der Waals surface area contributed by atoms with Crippen LogP contribution < -0.4 is 0 Å². The van der Waals surface area contributed by atoms with Crippen LogP contribution in [0, 0.1) is 5.92 Å². The van der Waals surface area contributed by atoms with Crippen LogP contribution in [0.5, 0.6) is 0 Å². The average molecular weight is 226 g/mol. The molecule has 2 aliphatic rings. The smallest absolute Gasteiger partial charge is 0.170 e. The largest absolute Gasteiger partial charge is 0.381 e. The van der Waals surface area contributed by atoms with Crippen LogP contribution in [0.2, 0.25) is 0 Å². The fraction of sp³-hybridized carbons (Fsp3) is 0.923. The molecule has 3 nitrogen and oxygen atoms in total. The van der Waals surface area contributed by atoms with Crippen LogP contribution in [0.15, 0.2) is 0 Å². The highest BCUT2D eigenvalue weighted by molar-refractivity contribution is 5.89. The van der Waals surface area contributed by atoms with Crippen LogP contribution in [0.25, 0.3) is 0 Å². The Hall–Kier alpha value is -0.410. The third-order valence-electron chi connectivity index (χ3n) is 3.83. The second-order valence-corrected chi connectivity index (χ2v) is 4.91. The van der Waals surface area contributed by atoms with Crippen molar-refractivity contribution in [2.75, 3.05) is 19.8 Å². The lowest BCUT2D eigenvalue weighted by Gasteiger charge is -2.37. The zero-order chi connectivity index (χ0) is 11.4. The molecule has 92 valence electrons. The minimum absolute atomic E-state index is 0.0876. The molecule has 1 aliphatic carbocycles. The van der Waals surface area contributed by atoms with Gasteiger partial charge in [-0.15, -0.1) is 0 Å². The molecule has 0 radical (unpaired) electrons. The molecule has 0 bridgehead atoms. The van der Waals surface area contributed by atoms with Gasteiger partial charge in [0.25, 0.3) is 0 Å². The SMILES string of the molecule is CCOC1(C(=O)C2CCOC2)CCCCC1. The first-order chi connectivity index (χ1) is 7.78. The summed E-state index contributed by atoms with van der Waals surface area (Å²) in [5, 5.41) is 0. The molecule has 2 fully saturated rings. The number of Topliss-reactive ketones (excluding diaryl/α,β-unsaturated/α-hetero) is 1. The molecule has 0 amide bonds. The Morgan fingerprint density at radius 2 is 2.12 bits per heavy atom. The van der Waals surface area contributed by atoms with E-state index in [2.05, 4.69) is 0 Å². The number of ether oxygens (including phenoxy) is 2. The first kappa shape index (κ1) is 12.1. The van der Waals surface area contributed by atoms with E-state index >= 15 is 0 Å². The molecule has 1 aliphatic heterocycles. The maximum atomic E-state index is 12.5. The number of carbonyl (C=O) groups is 1. The maximum absolute atomic E-state index is 12.5. The van der Waals surface area contributed by atoms with E-state index in [1.165, 1.54) is 6.42 Å². The van der Waals surface area contributed by atoms with E-state index < -0.39 is 5.60 Å². The molecular weight excluding hydrogens is 204 g/mol. The van der Waals surface area contributed by atoms with Crippen molar-refractivity contribution in [3.63, 3.8) is 0 Å². The summed E-state index contributed by atoms with van der Waals surface area (Å²) in [6.07, 6.45) is 6.20. The molecule has 16 heavy (non-hydrogen) atoms. The van der Waals surface area contributed by atoms with Gasteiger partial charge in [-0.3, -0.25) is 4.79 Å². The lowest BCUT2D eigenvalue weighted by molar-refractivity contribution is -0.153. The predicted molar refractivity (Wildman–Crippen MR) is 61.4 cm³/mol. The van der Waals surface area contributed by atoms with Gasteiger partial charge in [0, 0.05) is 19.1 Å². The highest BCUT2D eigenvalue weighted by Crippen LogP contribution is 2.36. The Bertz CT molecular complexity index is 232. The van der Waals surface area contributed by atoms with Crippen LogP contribution in [0.3, 0.4) is 0 Å². The Morgan fingerprint density at radius 1 is 1.38 bits per heavy atom. The van der Waals surface area contributed by atoms with Gasteiger partial charge in [0.2, 0.25) is 0 Å². The lowest BCUT2D eigenvalue weighted by Crippen LogP contribution is -2.47. The molecule has 0 aromatic rings. The van der Waals surface area contributed by atoms with Gasteiger partial charge in [-0.25, -0.2) is 0 Å². The summed E-state index contributed by atoms with van der Waals surface area (Å²) in [5.74, 6) is 0.399. The summed E-state index contributed by atoms with van der Waals surface area (Å²) in [7, 11) is 0. The van der Waals surface area contributed by atoms with Gasteiger partial charge in [-0.1, -0.05) is 19.3 Å². The van der Waals surface area contributed by atoms with Gasteiger partial charge in [-0.2, -0.15) is 0 Å². The van der Waals surface area contributed by atoms with Gasteiger partial charge in [-0.05, 0) is 26.2 Å². The van der Waals surface area contributed by atoms with Crippen molar-refractivity contribution in [2.45, 2.75) is 51.0 Å². The monoisotopic (exact) mass is 226 g/mol. The minimum atomic E-state index is -0.467. The van der Waals surface area contributed by atoms with Crippen LogP contribution in [0.1, 0.15) is 45.4 Å². The molecule has 0 spiro atoms. The number of hydrogen-bond donors (Lipinski definition) is 0. The Kier molecular flexibility index (Phi) is 3.98. The maximum Gasteiger partial charge on any atom is 0.170 e. The van der Waals surface area contributed by atoms with Crippen molar-refractivity contribution in [1.82, 2.24) is 0 Å². The molecule has 3 heteroatoms. The molecule has 1 saturated heterocycles. The van der Waals surface area contributed by atoms with Gasteiger partial charge < -0.3 is 9.47 Å². The van der Waals surface area contributed by atoms with Crippen LogP contribution in [-0.2, 0) is 14.3 Å². The molecule has 2 rings (SSSR count). The van der Waals surface area contributed by atoms with Crippen molar-refractivity contribution in [3.05, 3.63) is 0 Å². The van der Waals surface area contributed by atoms with E-state index in [1.54, 1.807) is 0 Å². The molecule has 0 N–H and O–H groups in total. The topological polar surface area (TPSA) is 35.5 Å². The first-order valence-electron chi connectivity index (χ1n) is 6.54. The second-order valence-electron chi connectivity index (χ2n) is 4.91. The number of hydrogen-bond acceptors (Lipinski definition) is 3. The van der Waals surface area contributed by atoms with Crippen LogP contribution in [-0.4, -0.2) is 31.2 Å². The summed E-state index contributed by atoms with van der Waals surface area (Å²) < 4.78 is 11.2. The Morgan fingerprint density at radius 3 is 2.69 bits per heavy atom. The van der Waals surface area contributed by atoms with E-state index in [9.17, 15) is 4.79 Å². The summed E-state index contributed by atoms with van der Waals surface area (Å²) in [6, 6.07) is 0. The molecule has 0 aromatic heterocycles. The second kappa shape index (κ2) is 5.28. The summed E-state index contributed by atoms with van der Waals surface area (Å²) in [6.45, 7) is 3.96. The Balaban J connectivity index is 2.07. The van der Waals surface area contributed by atoms with Crippen molar-refractivity contribution in [3.8, 4) is 0 Å². The van der Waals surface area contributed by atoms with E-state index in [-0.39, 0.29) is 5.92 Å². The number of ketones is 1. The highest BCUT2D eigenvalue weighted by atomic mass is 16.5. The van der Waals surface area contributed by atoms with Gasteiger partial charge in [0.1, 0.15) is 5.60 Å². The van der Waals surface area contributed by atoms with E-state index in [0.29, 0.717) is 19.0 Å². The molecule has 1 heterocycles. The van der Waals surface area contributed by atoms with Crippen molar-refractivity contribution >= 4 is 5.78 Å². The fourth-order valence-electron chi connectivity index (χ4n) is 2.97. The zero-order valence-electron chi connectivity index (χ0n) is 10.2. The van der Waals surface area contributed by atoms with Crippen molar-refractivity contribution < 1.29 is 14.3 Å². The van der Waals surface area contributed by atoms with E-state index in [0.717, 1.165) is 38.7 Å². The van der Waals surface area contributed by atoms with E-state index in [1.807, 2.05) is 6.92 Å². The van der Waals surface area contributed by atoms with E-state index in [4.69, 9.17) is 9.47 Å². The average Bonchev–Trinajstić information content (AvgIpc) is 2.83.